The van der Waals surface area contributed by atoms with E-state index in [0.717, 1.165) is 52.4 Å². The zero-order valence-corrected chi connectivity index (χ0v) is 15.3. The molecule has 3 aromatic rings. The second kappa shape index (κ2) is 8.49. The summed E-state index contributed by atoms with van der Waals surface area (Å²) < 4.78 is 0. The normalized spacial score (nSPS) is 17.8. The Hall–Kier alpha value is -2.14. The molecular weight excluding hydrogens is 320 g/mol. The number of rotatable bonds is 1. The maximum atomic E-state index is 3.56. The summed E-state index contributed by atoms with van der Waals surface area (Å²) in [5, 5.41) is 15.8. The second-order valence-corrected chi connectivity index (χ2v) is 6.93. The van der Waals surface area contributed by atoms with Gasteiger partial charge in [0, 0.05) is 63.4 Å². The summed E-state index contributed by atoms with van der Waals surface area (Å²) in [5.74, 6) is 0. The van der Waals surface area contributed by atoms with Crippen LogP contribution in [0.15, 0.2) is 54.6 Å². The van der Waals surface area contributed by atoms with Crippen molar-refractivity contribution < 1.29 is 0 Å². The van der Waals surface area contributed by atoms with Crippen LogP contribution < -0.4 is 20.9 Å². The maximum Gasteiger partial charge on any atom is 0.0447 e. The first-order valence-corrected chi connectivity index (χ1v) is 9.70. The van der Waals surface area contributed by atoms with Crippen LogP contribution in [0.5, 0.6) is 0 Å². The minimum absolute atomic E-state index is 1.01. The van der Waals surface area contributed by atoms with Gasteiger partial charge in [-0.1, -0.05) is 36.4 Å². The van der Waals surface area contributed by atoms with Crippen LogP contribution in [-0.2, 0) is 0 Å². The van der Waals surface area contributed by atoms with Gasteiger partial charge in [0.05, 0.1) is 0 Å². The molecule has 0 aromatic heterocycles. The van der Waals surface area contributed by atoms with Gasteiger partial charge in [0.1, 0.15) is 0 Å². The highest BCUT2D eigenvalue weighted by atomic mass is 15.2. The number of fused-ring (bicyclic) bond motifs is 2. The smallest absolute Gasteiger partial charge is 0.0447 e. The Labute approximate surface area is 155 Å². The van der Waals surface area contributed by atoms with E-state index in [1.807, 2.05) is 0 Å². The van der Waals surface area contributed by atoms with E-state index < -0.39 is 0 Å². The Bertz CT molecular complexity index is 849. The van der Waals surface area contributed by atoms with Crippen molar-refractivity contribution in [1.82, 2.24) is 16.0 Å². The minimum Gasteiger partial charge on any atom is -0.368 e. The van der Waals surface area contributed by atoms with Crippen LogP contribution in [0.2, 0.25) is 0 Å². The lowest BCUT2D eigenvalue weighted by Gasteiger charge is -2.27. The fourth-order valence-electron chi connectivity index (χ4n) is 3.74. The van der Waals surface area contributed by atoms with Crippen molar-refractivity contribution in [3.05, 3.63) is 54.6 Å². The molecular formula is C22H28N4. The molecule has 4 rings (SSSR count). The topological polar surface area (TPSA) is 39.3 Å². The van der Waals surface area contributed by atoms with Crippen molar-refractivity contribution in [2.24, 2.45) is 0 Å². The molecule has 26 heavy (non-hydrogen) atoms. The van der Waals surface area contributed by atoms with E-state index >= 15 is 0 Å². The van der Waals surface area contributed by atoms with Crippen LogP contribution >= 0.6 is 0 Å². The molecule has 0 atom stereocenters. The maximum absolute atomic E-state index is 3.56. The summed E-state index contributed by atoms with van der Waals surface area (Å²) in [6.45, 7) is 8.16. The average Bonchev–Trinajstić information content (AvgIpc) is 2.66. The van der Waals surface area contributed by atoms with Crippen molar-refractivity contribution in [2.75, 3.05) is 57.3 Å². The second-order valence-electron chi connectivity index (χ2n) is 6.93. The zero-order chi connectivity index (χ0) is 17.6. The number of hydrogen-bond acceptors (Lipinski definition) is 4. The van der Waals surface area contributed by atoms with Crippen LogP contribution in [-0.4, -0.2) is 52.4 Å². The van der Waals surface area contributed by atoms with Gasteiger partial charge in [0.15, 0.2) is 0 Å². The van der Waals surface area contributed by atoms with Crippen molar-refractivity contribution >= 4 is 27.2 Å². The summed E-state index contributed by atoms with van der Waals surface area (Å²) in [6, 6.07) is 20.0. The monoisotopic (exact) mass is 348 g/mol. The molecule has 136 valence electrons. The average molecular weight is 348 g/mol. The van der Waals surface area contributed by atoms with E-state index in [1.54, 1.807) is 0 Å². The molecule has 0 bridgehead atoms. The fraction of sp³-hybridized carbons (Fsp3) is 0.364. The molecule has 0 aliphatic carbocycles. The Morgan fingerprint density at radius 2 is 1.15 bits per heavy atom. The predicted molar refractivity (Wildman–Crippen MR) is 112 cm³/mol. The SMILES string of the molecule is c1ccc2cc3c(N4CCNCCNCCNCC4)cccc3cc2c1. The standard InChI is InChI=1S/C22H28N4/c1-2-5-19-17-21-20(16-18(19)4-1)6-3-7-22(21)26-14-12-24-10-8-23-9-11-25-13-15-26/h1-7,16-17,23-25H,8-15H2. The summed E-state index contributed by atoms with van der Waals surface area (Å²) in [5.41, 5.74) is 1.34. The molecule has 4 heteroatoms. The lowest BCUT2D eigenvalue weighted by Crippen LogP contribution is -2.41. The van der Waals surface area contributed by atoms with Gasteiger partial charge in [-0.2, -0.15) is 0 Å². The van der Waals surface area contributed by atoms with Crippen LogP contribution in [0, 0.1) is 0 Å². The Kier molecular flexibility index (Phi) is 5.65. The molecule has 3 aromatic carbocycles. The first-order chi connectivity index (χ1) is 12.9. The van der Waals surface area contributed by atoms with E-state index in [4.69, 9.17) is 0 Å². The van der Waals surface area contributed by atoms with Gasteiger partial charge in [0.25, 0.3) is 0 Å². The minimum atomic E-state index is 1.01. The number of nitrogens with zero attached hydrogens (tertiary/aromatic N) is 1. The zero-order valence-electron chi connectivity index (χ0n) is 15.3. The molecule has 3 N–H and O–H groups in total. The Balaban J connectivity index is 1.66. The van der Waals surface area contributed by atoms with Crippen molar-refractivity contribution in [3.8, 4) is 0 Å². The summed E-state index contributed by atoms with van der Waals surface area (Å²) in [4.78, 5) is 2.52. The van der Waals surface area contributed by atoms with Gasteiger partial charge in [-0.3, -0.25) is 0 Å². The number of hydrogen-bond donors (Lipinski definition) is 3. The van der Waals surface area contributed by atoms with Gasteiger partial charge < -0.3 is 20.9 Å². The highest BCUT2D eigenvalue weighted by Crippen LogP contribution is 2.30. The van der Waals surface area contributed by atoms with E-state index in [1.165, 1.54) is 27.2 Å². The summed E-state index contributed by atoms with van der Waals surface area (Å²) in [6.07, 6.45) is 0. The number of benzene rings is 3. The Morgan fingerprint density at radius 3 is 1.85 bits per heavy atom. The first kappa shape index (κ1) is 17.3. The Morgan fingerprint density at radius 1 is 0.577 bits per heavy atom. The lowest BCUT2D eigenvalue weighted by atomic mass is 10.0. The van der Waals surface area contributed by atoms with Crippen LogP contribution in [0.3, 0.4) is 0 Å². The van der Waals surface area contributed by atoms with Crippen LogP contribution in [0.4, 0.5) is 5.69 Å². The molecule has 4 nitrogen and oxygen atoms in total. The molecule has 1 aliphatic heterocycles. The van der Waals surface area contributed by atoms with Crippen molar-refractivity contribution in [2.45, 2.75) is 0 Å². The largest absolute Gasteiger partial charge is 0.368 e. The molecule has 1 saturated heterocycles. The van der Waals surface area contributed by atoms with Crippen molar-refractivity contribution in [3.63, 3.8) is 0 Å². The van der Waals surface area contributed by atoms with Gasteiger partial charge in [0.2, 0.25) is 0 Å². The highest BCUT2D eigenvalue weighted by Gasteiger charge is 2.11. The molecule has 0 radical (unpaired) electrons. The number of nitrogens with one attached hydrogen (secondary N) is 3. The molecule has 1 fully saturated rings. The number of anilines is 1. The van der Waals surface area contributed by atoms with Crippen LogP contribution in [0.1, 0.15) is 0 Å². The third kappa shape index (κ3) is 3.98. The molecule has 0 saturated carbocycles. The molecule has 0 spiro atoms. The molecule has 1 heterocycles. The molecule has 1 aliphatic rings. The third-order valence-corrected chi connectivity index (χ3v) is 5.14. The predicted octanol–water partition coefficient (Wildman–Crippen LogP) is 2.58. The highest BCUT2D eigenvalue weighted by molar-refractivity contribution is 6.03. The van der Waals surface area contributed by atoms with Gasteiger partial charge >= 0.3 is 0 Å². The van der Waals surface area contributed by atoms with Crippen molar-refractivity contribution in [1.29, 1.82) is 0 Å². The summed E-state index contributed by atoms with van der Waals surface area (Å²) in [7, 11) is 0. The van der Waals surface area contributed by atoms with E-state index in [9.17, 15) is 0 Å². The van der Waals surface area contributed by atoms with E-state index in [2.05, 4.69) is 75.4 Å². The fourth-order valence-corrected chi connectivity index (χ4v) is 3.74. The first-order valence-electron chi connectivity index (χ1n) is 9.70. The lowest BCUT2D eigenvalue weighted by molar-refractivity contribution is 0.558. The summed E-state index contributed by atoms with van der Waals surface area (Å²) >= 11 is 0. The van der Waals surface area contributed by atoms with E-state index in [0.29, 0.717) is 0 Å². The van der Waals surface area contributed by atoms with Gasteiger partial charge in [-0.25, -0.2) is 0 Å². The molecule has 0 unspecified atom stereocenters. The van der Waals surface area contributed by atoms with E-state index in [-0.39, 0.29) is 0 Å². The quantitative estimate of drug-likeness (QED) is 0.591. The third-order valence-electron chi connectivity index (χ3n) is 5.14. The van der Waals surface area contributed by atoms with Crippen LogP contribution in [0.25, 0.3) is 21.5 Å². The molecule has 0 amide bonds. The van der Waals surface area contributed by atoms with Gasteiger partial charge in [-0.15, -0.1) is 0 Å². The van der Waals surface area contributed by atoms with Gasteiger partial charge in [-0.05, 0) is 34.4 Å².